The van der Waals surface area contributed by atoms with Crippen LogP contribution >= 0.6 is 0 Å². The topological polar surface area (TPSA) is 36.4 Å². The molecule has 0 aliphatic heterocycles. The minimum atomic E-state index is 0.685. The van der Waals surface area contributed by atoms with Crippen LogP contribution in [0.2, 0.25) is 0 Å². The van der Waals surface area contributed by atoms with Gasteiger partial charge < -0.3 is 5.53 Å². The summed E-state index contributed by atoms with van der Waals surface area (Å²) in [6.07, 6.45) is 0. The largest absolute Gasteiger partial charge is 0.362 e. The third-order valence-corrected chi connectivity index (χ3v) is 0.200. The van der Waals surface area contributed by atoms with E-state index in [1.54, 1.807) is 13.8 Å². The van der Waals surface area contributed by atoms with Crippen LogP contribution in [0.15, 0.2) is 0 Å². The van der Waals surface area contributed by atoms with E-state index in [0.717, 1.165) is 0 Å². The molecule has 0 fully saturated rings. The first kappa shape index (κ1) is 4.38. The van der Waals surface area contributed by atoms with Crippen molar-refractivity contribution in [1.29, 1.82) is 0 Å². The van der Waals surface area contributed by atoms with Crippen molar-refractivity contribution in [2.45, 2.75) is 13.8 Å². The first-order chi connectivity index (χ1) is 2.27. The Morgan fingerprint density at radius 3 is 1.80 bits per heavy atom. The van der Waals surface area contributed by atoms with E-state index in [1.165, 1.54) is 0 Å². The van der Waals surface area contributed by atoms with E-state index in [-0.39, 0.29) is 0 Å². The number of nitrogens with zero attached hydrogens (tertiary/aromatic N) is 2. The van der Waals surface area contributed by atoms with Crippen molar-refractivity contribution in [3.05, 3.63) is 5.53 Å². The van der Waals surface area contributed by atoms with Crippen LogP contribution in [-0.2, 0) is 0 Å². The van der Waals surface area contributed by atoms with Gasteiger partial charge in [0.25, 0.3) is 5.71 Å². The van der Waals surface area contributed by atoms with Crippen LogP contribution < -0.4 is 0 Å². The summed E-state index contributed by atoms with van der Waals surface area (Å²) in [5.74, 6) is 0. The third kappa shape index (κ3) is 3.38. The molecule has 0 bridgehead atoms. The highest BCUT2D eigenvalue weighted by Gasteiger charge is 1.74. The van der Waals surface area contributed by atoms with Crippen LogP contribution in [0.25, 0.3) is 5.53 Å². The van der Waals surface area contributed by atoms with Gasteiger partial charge >= 0.3 is 0 Å². The molecule has 0 aromatic heterocycles. The Balaban J connectivity index is 3.60. The molecule has 0 atom stereocenters. The second-order valence-corrected chi connectivity index (χ2v) is 1.05. The van der Waals surface area contributed by atoms with E-state index in [9.17, 15) is 0 Å². The molecule has 0 spiro atoms. The van der Waals surface area contributed by atoms with Crippen molar-refractivity contribution in [2.24, 2.45) is 0 Å². The van der Waals surface area contributed by atoms with Crippen LogP contribution in [0.1, 0.15) is 13.8 Å². The first-order valence-electron chi connectivity index (χ1n) is 1.42. The van der Waals surface area contributed by atoms with Gasteiger partial charge in [0.1, 0.15) is 0 Å². The molecule has 2 nitrogen and oxygen atoms in total. The van der Waals surface area contributed by atoms with Gasteiger partial charge in [0, 0.05) is 13.8 Å². The number of hydrogen-bond acceptors (Lipinski definition) is 0. The van der Waals surface area contributed by atoms with E-state index < -0.39 is 0 Å². The van der Waals surface area contributed by atoms with Gasteiger partial charge in [-0.2, -0.15) is 4.79 Å². The Morgan fingerprint density at radius 2 is 1.80 bits per heavy atom. The molecule has 2 heteroatoms. The van der Waals surface area contributed by atoms with Crippen LogP contribution in [0.5, 0.6) is 0 Å². The van der Waals surface area contributed by atoms with Crippen molar-refractivity contribution in [3.63, 3.8) is 0 Å². The second kappa shape index (κ2) is 1.68. The van der Waals surface area contributed by atoms with Crippen LogP contribution in [0.4, 0.5) is 0 Å². The predicted molar refractivity (Wildman–Crippen MR) is 20.0 cm³/mol. The monoisotopic (exact) mass is 70.1 g/mol. The standard InChI is InChI=1S/C3H6N2/c1-3(2)5-4/h1-2H3. The summed E-state index contributed by atoms with van der Waals surface area (Å²) in [6.45, 7) is 3.44. The zero-order valence-electron chi connectivity index (χ0n) is 3.39. The summed E-state index contributed by atoms with van der Waals surface area (Å²) in [5.41, 5.74) is 8.42. The normalized spacial score (nSPS) is 6.00. The van der Waals surface area contributed by atoms with E-state index in [1.807, 2.05) is 0 Å². The lowest BCUT2D eigenvalue weighted by Crippen LogP contribution is -1.76. The lowest BCUT2D eigenvalue weighted by Gasteiger charge is -1.54. The Hall–Kier alpha value is -0.620. The summed E-state index contributed by atoms with van der Waals surface area (Å²) >= 11 is 0. The summed E-state index contributed by atoms with van der Waals surface area (Å²) in [6, 6.07) is 0. The Bertz CT molecular complexity index is 65.0. The van der Waals surface area contributed by atoms with Gasteiger partial charge in [-0.1, -0.05) is 0 Å². The summed E-state index contributed by atoms with van der Waals surface area (Å²) < 4.78 is 0. The smallest absolute Gasteiger partial charge is 0.262 e. The summed E-state index contributed by atoms with van der Waals surface area (Å²) in [7, 11) is 0. The maximum absolute atomic E-state index is 7.73. The van der Waals surface area contributed by atoms with Gasteiger partial charge in [0.2, 0.25) is 0 Å². The average Bonchev–Trinajstić information content (AvgIpc) is 1.38. The highest BCUT2D eigenvalue weighted by Crippen LogP contribution is 1.52. The Kier molecular flexibility index (Phi) is 1.47. The van der Waals surface area contributed by atoms with Crippen molar-refractivity contribution in [1.82, 2.24) is 0 Å². The molecule has 0 aliphatic carbocycles. The maximum atomic E-state index is 7.73. The number of rotatable bonds is 0. The first-order valence-corrected chi connectivity index (χ1v) is 1.42. The zero-order chi connectivity index (χ0) is 4.28. The fraction of sp³-hybridized carbons (Fsp3) is 0.667. The van der Waals surface area contributed by atoms with Gasteiger partial charge in [-0.05, 0) is 0 Å². The molecule has 0 aromatic carbocycles. The molecule has 0 aliphatic rings. The second-order valence-electron chi connectivity index (χ2n) is 1.05. The minimum absolute atomic E-state index is 0.685. The molecule has 0 unspecified atom stereocenters. The van der Waals surface area contributed by atoms with Gasteiger partial charge in [0.05, 0.1) is 0 Å². The van der Waals surface area contributed by atoms with E-state index in [0.29, 0.717) is 5.71 Å². The Morgan fingerprint density at radius 1 is 1.60 bits per heavy atom. The molecule has 0 N–H and O–H groups in total. The molecule has 0 rings (SSSR count). The molecular weight excluding hydrogens is 64.0 g/mol. The quantitative estimate of drug-likeness (QED) is 0.228. The fourth-order valence-electron chi connectivity index (χ4n) is 0. The molecular formula is C3H6N2. The van der Waals surface area contributed by atoms with Gasteiger partial charge in [0.15, 0.2) is 0 Å². The van der Waals surface area contributed by atoms with E-state index >= 15 is 0 Å². The van der Waals surface area contributed by atoms with Crippen LogP contribution in [0.3, 0.4) is 0 Å². The molecule has 0 heterocycles. The van der Waals surface area contributed by atoms with Crippen molar-refractivity contribution in [3.8, 4) is 0 Å². The molecule has 0 radical (unpaired) electrons. The van der Waals surface area contributed by atoms with Gasteiger partial charge in [-0.3, -0.25) is 0 Å². The summed E-state index contributed by atoms with van der Waals surface area (Å²) in [4.78, 5) is 2.81. The summed E-state index contributed by atoms with van der Waals surface area (Å²) in [5, 5.41) is 0. The average molecular weight is 70.1 g/mol. The van der Waals surface area contributed by atoms with Crippen molar-refractivity contribution < 1.29 is 4.79 Å². The number of hydrogen-bond donors (Lipinski definition) is 0. The van der Waals surface area contributed by atoms with Crippen LogP contribution in [-0.4, -0.2) is 10.5 Å². The molecule has 0 amide bonds. The Labute approximate surface area is 31.1 Å². The van der Waals surface area contributed by atoms with Crippen molar-refractivity contribution >= 4 is 5.71 Å². The van der Waals surface area contributed by atoms with Crippen molar-refractivity contribution in [2.75, 3.05) is 0 Å². The molecule has 5 heavy (non-hydrogen) atoms. The van der Waals surface area contributed by atoms with E-state index in [2.05, 4.69) is 4.79 Å². The molecule has 0 saturated carbocycles. The highest BCUT2D eigenvalue weighted by molar-refractivity contribution is 5.72. The fourth-order valence-corrected chi connectivity index (χ4v) is 0. The predicted octanol–water partition coefficient (Wildman–Crippen LogP) is 0.697. The molecule has 0 aromatic rings. The lowest BCUT2D eigenvalue weighted by molar-refractivity contribution is -0.00646. The minimum Gasteiger partial charge on any atom is -0.362 e. The SMILES string of the molecule is CC(C)=[N+]=[N-]. The molecule has 28 valence electrons. The van der Waals surface area contributed by atoms with Crippen LogP contribution in [0, 0.1) is 0 Å². The van der Waals surface area contributed by atoms with E-state index in [4.69, 9.17) is 5.53 Å². The highest BCUT2D eigenvalue weighted by atomic mass is 14.8. The molecule has 0 saturated heterocycles. The van der Waals surface area contributed by atoms with Gasteiger partial charge in [-0.25, -0.2) is 0 Å². The lowest BCUT2D eigenvalue weighted by atomic mass is 10.5. The maximum Gasteiger partial charge on any atom is 0.262 e. The third-order valence-electron chi connectivity index (χ3n) is 0.200. The zero-order valence-corrected chi connectivity index (χ0v) is 3.39. The van der Waals surface area contributed by atoms with Gasteiger partial charge in [-0.15, -0.1) is 0 Å².